The van der Waals surface area contributed by atoms with Crippen molar-refractivity contribution in [3.63, 3.8) is 0 Å². The van der Waals surface area contributed by atoms with E-state index in [9.17, 15) is 8.42 Å². The molecule has 0 saturated carbocycles. The average Bonchev–Trinajstić information content (AvgIpc) is 2.82. The van der Waals surface area contributed by atoms with Gasteiger partial charge in [0.15, 0.2) is 0 Å². The number of nitrogens with two attached hydrogens (primary N) is 1. The first-order valence-corrected chi connectivity index (χ1v) is 8.26. The molecule has 19 heavy (non-hydrogen) atoms. The highest BCUT2D eigenvalue weighted by atomic mass is 32.2. The molecule has 3 N–H and O–H groups in total. The second kappa shape index (κ2) is 5.61. The third kappa shape index (κ3) is 3.16. The maximum atomic E-state index is 12.3. The van der Waals surface area contributed by atoms with E-state index in [1.54, 1.807) is 12.1 Å². The first-order valence-electron chi connectivity index (χ1n) is 6.78. The first kappa shape index (κ1) is 14.5. The Bertz CT molecular complexity index is 553. The first-order chi connectivity index (χ1) is 8.94. The lowest BCUT2D eigenvalue weighted by atomic mass is 10.1. The van der Waals surface area contributed by atoms with Crippen LogP contribution in [0, 0.1) is 5.92 Å². The molecule has 1 aliphatic rings. The minimum Gasteiger partial charge on any atom is -0.329 e. The highest BCUT2D eigenvalue weighted by Gasteiger charge is 2.23. The van der Waals surface area contributed by atoms with Gasteiger partial charge in [-0.3, -0.25) is 0 Å². The standard InChI is InChI=1S/C14H22N2O2S/c1-10(2)14(9-15)16-19(17,18)13-7-6-11-4-3-5-12(11)8-13/h6-8,10,14,16H,3-5,9,15H2,1-2H3. The Kier molecular flexibility index (Phi) is 4.28. The van der Waals surface area contributed by atoms with Gasteiger partial charge >= 0.3 is 0 Å². The number of aryl methyl sites for hydroxylation is 2. The number of sulfonamides is 1. The lowest BCUT2D eigenvalue weighted by Gasteiger charge is -2.20. The van der Waals surface area contributed by atoms with Gasteiger partial charge in [0.1, 0.15) is 0 Å². The molecule has 2 rings (SSSR count). The van der Waals surface area contributed by atoms with Crippen LogP contribution < -0.4 is 10.5 Å². The Hall–Kier alpha value is -0.910. The number of fused-ring (bicyclic) bond motifs is 1. The molecule has 0 saturated heterocycles. The van der Waals surface area contributed by atoms with Crippen molar-refractivity contribution >= 4 is 10.0 Å². The summed E-state index contributed by atoms with van der Waals surface area (Å²) in [6.07, 6.45) is 3.15. The smallest absolute Gasteiger partial charge is 0.240 e. The highest BCUT2D eigenvalue weighted by molar-refractivity contribution is 7.89. The van der Waals surface area contributed by atoms with Gasteiger partial charge in [-0.25, -0.2) is 13.1 Å². The largest absolute Gasteiger partial charge is 0.329 e. The molecule has 0 heterocycles. The van der Waals surface area contributed by atoms with Gasteiger partial charge in [0.25, 0.3) is 0 Å². The van der Waals surface area contributed by atoms with Crippen molar-refractivity contribution in [2.45, 2.75) is 44.0 Å². The number of rotatable bonds is 5. The van der Waals surface area contributed by atoms with Gasteiger partial charge in [-0.05, 0) is 48.4 Å². The summed E-state index contributed by atoms with van der Waals surface area (Å²) in [7, 11) is -3.47. The third-order valence-electron chi connectivity index (χ3n) is 3.75. The number of nitrogens with one attached hydrogen (secondary N) is 1. The lowest BCUT2D eigenvalue weighted by molar-refractivity contribution is 0.455. The summed E-state index contributed by atoms with van der Waals surface area (Å²) in [6.45, 7) is 4.23. The van der Waals surface area contributed by atoms with Crippen molar-refractivity contribution in [2.24, 2.45) is 11.7 Å². The Balaban J connectivity index is 2.24. The van der Waals surface area contributed by atoms with Crippen LogP contribution in [0.3, 0.4) is 0 Å². The van der Waals surface area contributed by atoms with Crippen LogP contribution in [0.1, 0.15) is 31.4 Å². The zero-order chi connectivity index (χ0) is 14.0. The van der Waals surface area contributed by atoms with Crippen molar-refractivity contribution < 1.29 is 8.42 Å². The molecule has 0 amide bonds. The summed E-state index contributed by atoms with van der Waals surface area (Å²) in [4.78, 5) is 0.354. The SMILES string of the molecule is CC(C)C(CN)NS(=O)(=O)c1ccc2c(c1)CCC2. The summed E-state index contributed by atoms with van der Waals surface area (Å²) in [5.41, 5.74) is 8.06. The van der Waals surface area contributed by atoms with E-state index >= 15 is 0 Å². The third-order valence-corrected chi connectivity index (χ3v) is 5.23. The molecule has 0 fully saturated rings. The van der Waals surface area contributed by atoms with Gasteiger partial charge in [0.05, 0.1) is 4.90 Å². The zero-order valence-electron chi connectivity index (χ0n) is 11.5. The monoisotopic (exact) mass is 282 g/mol. The Morgan fingerprint density at radius 2 is 1.95 bits per heavy atom. The van der Waals surface area contributed by atoms with E-state index in [0.717, 1.165) is 24.8 Å². The Morgan fingerprint density at radius 1 is 1.26 bits per heavy atom. The molecule has 1 aromatic rings. The summed E-state index contributed by atoms with van der Waals surface area (Å²) in [6, 6.07) is 5.21. The molecule has 0 bridgehead atoms. The molecule has 1 aromatic carbocycles. The van der Waals surface area contributed by atoms with E-state index < -0.39 is 10.0 Å². The second-order valence-electron chi connectivity index (χ2n) is 5.49. The molecule has 0 aliphatic heterocycles. The van der Waals surface area contributed by atoms with Gasteiger partial charge in [0.2, 0.25) is 10.0 Å². The molecule has 0 spiro atoms. The number of hydrogen-bond donors (Lipinski definition) is 2. The van der Waals surface area contributed by atoms with Crippen molar-refractivity contribution in [1.29, 1.82) is 0 Å². The zero-order valence-corrected chi connectivity index (χ0v) is 12.3. The van der Waals surface area contributed by atoms with Crippen LogP contribution in [0.4, 0.5) is 0 Å². The van der Waals surface area contributed by atoms with E-state index in [4.69, 9.17) is 5.73 Å². The fourth-order valence-electron chi connectivity index (χ4n) is 2.44. The molecule has 4 nitrogen and oxygen atoms in total. The summed E-state index contributed by atoms with van der Waals surface area (Å²) < 4.78 is 27.4. The average molecular weight is 282 g/mol. The lowest BCUT2D eigenvalue weighted by Crippen LogP contribution is -2.43. The van der Waals surface area contributed by atoms with Crippen LogP contribution in [0.2, 0.25) is 0 Å². The summed E-state index contributed by atoms with van der Waals surface area (Å²) in [5.74, 6) is 0.175. The fourth-order valence-corrected chi connectivity index (χ4v) is 3.89. The molecule has 0 aromatic heterocycles. The molecular weight excluding hydrogens is 260 g/mol. The van der Waals surface area contributed by atoms with Crippen LogP contribution >= 0.6 is 0 Å². The maximum absolute atomic E-state index is 12.3. The van der Waals surface area contributed by atoms with E-state index in [-0.39, 0.29) is 12.0 Å². The van der Waals surface area contributed by atoms with E-state index in [1.165, 1.54) is 5.56 Å². The molecule has 1 unspecified atom stereocenters. The molecule has 1 atom stereocenters. The molecule has 1 aliphatic carbocycles. The summed E-state index contributed by atoms with van der Waals surface area (Å²) in [5, 5.41) is 0. The van der Waals surface area contributed by atoms with Crippen LogP contribution in [0.5, 0.6) is 0 Å². The quantitative estimate of drug-likeness (QED) is 0.858. The summed E-state index contributed by atoms with van der Waals surface area (Å²) >= 11 is 0. The maximum Gasteiger partial charge on any atom is 0.240 e. The minimum atomic E-state index is -3.47. The van der Waals surface area contributed by atoms with Gasteiger partial charge in [-0.2, -0.15) is 0 Å². The van der Waals surface area contributed by atoms with Crippen molar-refractivity contribution in [3.05, 3.63) is 29.3 Å². The number of benzene rings is 1. The van der Waals surface area contributed by atoms with Crippen LogP contribution in [-0.4, -0.2) is 21.0 Å². The van der Waals surface area contributed by atoms with Crippen molar-refractivity contribution in [1.82, 2.24) is 4.72 Å². The van der Waals surface area contributed by atoms with E-state index in [2.05, 4.69) is 4.72 Å². The Morgan fingerprint density at radius 3 is 2.58 bits per heavy atom. The van der Waals surface area contributed by atoms with E-state index in [1.807, 2.05) is 19.9 Å². The number of hydrogen-bond acceptors (Lipinski definition) is 3. The van der Waals surface area contributed by atoms with Crippen LogP contribution in [0.15, 0.2) is 23.1 Å². The minimum absolute atomic E-state index is 0.175. The molecule has 106 valence electrons. The molecule has 0 radical (unpaired) electrons. The van der Waals surface area contributed by atoms with Gasteiger partial charge < -0.3 is 5.73 Å². The van der Waals surface area contributed by atoms with Gasteiger partial charge in [-0.1, -0.05) is 19.9 Å². The Labute approximate surface area is 115 Å². The van der Waals surface area contributed by atoms with Crippen molar-refractivity contribution in [2.75, 3.05) is 6.54 Å². The molecule has 5 heteroatoms. The molecular formula is C14H22N2O2S. The van der Waals surface area contributed by atoms with Crippen LogP contribution in [0.25, 0.3) is 0 Å². The second-order valence-corrected chi connectivity index (χ2v) is 7.21. The van der Waals surface area contributed by atoms with Crippen molar-refractivity contribution in [3.8, 4) is 0 Å². The normalized spacial score (nSPS) is 16.6. The highest BCUT2D eigenvalue weighted by Crippen LogP contribution is 2.24. The van der Waals surface area contributed by atoms with E-state index in [0.29, 0.717) is 11.4 Å². The topological polar surface area (TPSA) is 72.2 Å². The van der Waals surface area contributed by atoms with Crippen LogP contribution in [-0.2, 0) is 22.9 Å². The fraction of sp³-hybridized carbons (Fsp3) is 0.571. The predicted octanol–water partition coefficient (Wildman–Crippen LogP) is 1.44. The van der Waals surface area contributed by atoms with Gasteiger partial charge in [0, 0.05) is 12.6 Å². The predicted molar refractivity (Wildman–Crippen MR) is 76.5 cm³/mol. The van der Waals surface area contributed by atoms with Gasteiger partial charge in [-0.15, -0.1) is 0 Å².